The molecule has 0 unspecified atom stereocenters. The van der Waals surface area contributed by atoms with Crippen LogP contribution in [0.5, 0.6) is 11.5 Å². The molecule has 3 heterocycles. The highest BCUT2D eigenvalue weighted by Crippen LogP contribution is 2.32. The van der Waals surface area contributed by atoms with Crippen LogP contribution in [0.3, 0.4) is 0 Å². The molecular weight excluding hydrogens is 454 g/mol. The summed E-state index contributed by atoms with van der Waals surface area (Å²) in [6.45, 7) is 2.45. The van der Waals surface area contributed by atoms with Gasteiger partial charge >= 0.3 is 5.97 Å². The van der Waals surface area contributed by atoms with Gasteiger partial charge in [0.05, 0.1) is 10.6 Å². The van der Waals surface area contributed by atoms with Gasteiger partial charge in [0, 0.05) is 17.8 Å². The summed E-state index contributed by atoms with van der Waals surface area (Å²) in [6, 6.07) is 19.9. The number of hydrogen-bond donors (Lipinski definition) is 1. The van der Waals surface area contributed by atoms with E-state index in [2.05, 4.69) is 10.4 Å². The van der Waals surface area contributed by atoms with Gasteiger partial charge < -0.3 is 19.5 Å². The SMILES string of the molecule is C[C@@H](OC(=O)c1cc(-c2cccs2)nn1-c1ccccc1)C(=O)Nc1ccc2c(c1)OCCO2. The summed E-state index contributed by atoms with van der Waals surface area (Å²) in [7, 11) is 0. The zero-order valence-corrected chi connectivity index (χ0v) is 19.1. The van der Waals surface area contributed by atoms with Crippen molar-refractivity contribution >= 4 is 28.9 Å². The van der Waals surface area contributed by atoms with Gasteiger partial charge in [0.2, 0.25) is 0 Å². The number of ether oxygens (including phenoxy) is 3. The number of carbonyl (C=O) groups is 2. The predicted octanol–water partition coefficient (Wildman–Crippen LogP) is 4.56. The smallest absolute Gasteiger partial charge is 0.357 e. The van der Waals surface area contributed by atoms with Crippen LogP contribution in [-0.4, -0.2) is 41.0 Å². The Morgan fingerprint density at radius 3 is 2.59 bits per heavy atom. The number of esters is 1. The van der Waals surface area contributed by atoms with Crippen LogP contribution < -0.4 is 14.8 Å². The van der Waals surface area contributed by atoms with Gasteiger partial charge in [0.1, 0.15) is 18.9 Å². The second kappa shape index (κ2) is 9.40. The number of para-hydroxylation sites is 1. The molecule has 1 amide bonds. The van der Waals surface area contributed by atoms with E-state index in [1.54, 1.807) is 24.3 Å². The van der Waals surface area contributed by atoms with Crippen LogP contribution in [0.4, 0.5) is 5.69 Å². The molecule has 2 aromatic carbocycles. The highest BCUT2D eigenvalue weighted by molar-refractivity contribution is 7.13. The Labute approximate surface area is 199 Å². The predicted molar refractivity (Wildman–Crippen MR) is 128 cm³/mol. The molecule has 172 valence electrons. The molecule has 9 heteroatoms. The van der Waals surface area contributed by atoms with Gasteiger partial charge in [-0.2, -0.15) is 5.10 Å². The van der Waals surface area contributed by atoms with Crippen molar-refractivity contribution < 1.29 is 23.8 Å². The number of aromatic nitrogens is 2. The number of amides is 1. The lowest BCUT2D eigenvalue weighted by atomic mass is 10.2. The first kappa shape index (κ1) is 21.7. The van der Waals surface area contributed by atoms with E-state index in [1.165, 1.54) is 22.9 Å². The first-order valence-electron chi connectivity index (χ1n) is 10.7. The average molecular weight is 476 g/mol. The molecule has 1 atom stereocenters. The van der Waals surface area contributed by atoms with Gasteiger partial charge in [-0.15, -0.1) is 11.3 Å². The summed E-state index contributed by atoms with van der Waals surface area (Å²) in [5, 5.41) is 9.30. The minimum Gasteiger partial charge on any atom is -0.486 e. The maximum atomic E-state index is 13.1. The number of thiophene rings is 1. The van der Waals surface area contributed by atoms with Crippen molar-refractivity contribution in [2.75, 3.05) is 18.5 Å². The summed E-state index contributed by atoms with van der Waals surface area (Å²) < 4.78 is 18.1. The molecule has 0 aliphatic carbocycles. The van der Waals surface area contributed by atoms with Crippen LogP contribution in [0.25, 0.3) is 16.3 Å². The van der Waals surface area contributed by atoms with Crippen molar-refractivity contribution in [3.63, 3.8) is 0 Å². The van der Waals surface area contributed by atoms with Crippen LogP contribution >= 0.6 is 11.3 Å². The zero-order chi connectivity index (χ0) is 23.5. The maximum absolute atomic E-state index is 13.1. The lowest BCUT2D eigenvalue weighted by Gasteiger charge is -2.19. The second-order valence-corrected chi connectivity index (χ2v) is 8.48. The third-order valence-electron chi connectivity index (χ3n) is 5.16. The molecule has 4 aromatic rings. The maximum Gasteiger partial charge on any atom is 0.357 e. The molecule has 8 nitrogen and oxygen atoms in total. The number of benzene rings is 2. The van der Waals surface area contributed by atoms with Gasteiger partial charge in [0.25, 0.3) is 5.91 Å². The Bertz CT molecular complexity index is 1320. The normalized spacial score (nSPS) is 13.2. The van der Waals surface area contributed by atoms with E-state index in [0.717, 1.165) is 4.88 Å². The summed E-state index contributed by atoms with van der Waals surface area (Å²) in [5.41, 5.74) is 2.12. The number of nitrogens with zero attached hydrogens (tertiary/aromatic N) is 2. The lowest BCUT2D eigenvalue weighted by molar-refractivity contribution is -0.123. The molecule has 1 aliphatic heterocycles. The fourth-order valence-electron chi connectivity index (χ4n) is 3.48. The number of carbonyl (C=O) groups excluding carboxylic acids is 2. The molecule has 0 radical (unpaired) electrons. The number of fused-ring (bicyclic) bond motifs is 1. The summed E-state index contributed by atoms with van der Waals surface area (Å²) in [5.74, 6) is 0.0688. The molecule has 0 fully saturated rings. The zero-order valence-electron chi connectivity index (χ0n) is 18.3. The molecule has 2 aromatic heterocycles. The lowest BCUT2D eigenvalue weighted by Crippen LogP contribution is -2.30. The van der Waals surface area contributed by atoms with Gasteiger partial charge in [-0.3, -0.25) is 4.79 Å². The van der Waals surface area contributed by atoms with Crippen LogP contribution in [-0.2, 0) is 9.53 Å². The van der Waals surface area contributed by atoms with E-state index in [-0.39, 0.29) is 5.69 Å². The number of anilines is 1. The number of hydrogen-bond acceptors (Lipinski definition) is 7. The molecule has 1 N–H and O–H groups in total. The molecule has 5 rings (SSSR count). The number of nitrogens with one attached hydrogen (secondary N) is 1. The average Bonchev–Trinajstić information content (AvgIpc) is 3.55. The van der Waals surface area contributed by atoms with Crippen molar-refractivity contribution in [1.82, 2.24) is 9.78 Å². The molecular formula is C25H21N3O5S. The minimum atomic E-state index is -1.04. The van der Waals surface area contributed by atoms with E-state index in [1.807, 2.05) is 47.8 Å². The first-order valence-corrected chi connectivity index (χ1v) is 11.6. The second-order valence-electron chi connectivity index (χ2n) is 7.53. The summed E-state index contributed by atoms with van der Waals surface area (Å²) in [4.78, 5) is 26.7. The standard InChI is InChI=1S/C25H21N3O5S/c1-16(24(29)26-17-9-10-21-22(14-17)32-12-11-31-21)33-25(30)20-15-19(23-8-5-13-34-23)27-28(20)18-6-3-2-4-7-18/h2-10,13-16H,11-12H2,1H3,(H,26,29)/t16-/m1/s1. The fourth-order valence-corrected chi connectivity index (χ4v) is 4.16. The topological polar surface area (TPSA) is 91.7 Å². The molecule has 0 spiro atoms. The molecule has 0 saturated carbocycles. The molecule has 0 bridgehead atoms. The third kappa shape index (κ3) is 4.51. The van der Waals surface area contributed by atoms with Gasteiger partial charge in [-0.05, 0) is 42.6 Å². The van der Waals surface area contributed by atoms with Crippen molar-refractivity contribution in [2.24, 2.45) is 0 Å². The monoisotopic (exact) mass is 475 g/mol. The Hall–Kier alpha value is -4.11. The van der Waals surface area contributed by atoms with E-state index in [9.17, 15) is 9.59 Å². The first-order chi connectivity index (χ1) is 16.6. The van der Waals surface area contributed by atoms with Crippen LogP contribution in [0.1, 0.15) is 17.4 Å². The molecule has 0 saturated heterocycles. The highest BCUT2D eigenvalue weighted by atomic mass is 32.1. The van der Waals surface area contributed by atoms with Crippen LogP contribution in [0, 0.1) is 0 Å². The van der Waals surface area contributed by atoms with Crippen molar-refractivity contribution in [3.05, 3.63) is 77.8 Å². The minimum absolute atomic E-state index is 0.230. The van der Waals surface area contributed by atoms with E-state index in [0.29, 0.717) is 41.8 Å². The van der Waals surface area contributed by atoms with Crippen molar-refractivity contribution in [2.45, 2.75) is 13.0 Å². The third-order valence-corrected chi connectivity index (χ3v) is 6.05. The van der Waals surface area contributed by atoms with Crippen LogP contribution in [0.15, 0.2) is 72.1 Å². The molecule has 34 heavy (non-hydrogen) atoms. The van der Waals surface area contributed by atoms with E-state index in [4.69, 9.17) is 14.2 Å². The van der Waals surface area contributed by atoms with E-state index < -0.39 is 18.0 Å². The van der Waals surface area contributed by atoms with Gasteiger partial charge in [-0.1, -0.05) is 24.3 Å². The Morgan fingerprint density at radius 2 is 1.82 bits per heavy atom. The van der Waals surface area contributed by atoms with Gasteiger partial charge in [0.15, 0.2) is 23.3 Å². The Balaban J connectivity index is 1.33. The van der Waals surface area contributed by atoms with Gasteiger partial charge in [-0.25, -0.2) is 9.48 Å². The number of rotatable bonds is 6. The highest BCUT2D eigenvalue weighted by Gasteiger charge is 2.24. The quantitative estimate of drug-likeness (QED) is 0.411. The summed E-state index contributed by atoms with van der Waals surface area (Å²) in [6.07, 6.45) is -1.04. The van der Waals surface area contributed by atoms with Crippen molar-refractivity contribution in [3.8, 4) is 27.8 Å². The molecule has 1 aliphatic rings. The fraction of sp³-hybridized carbons (Fsp3) is 0.160. The Morgan fingerprint density at radius 1 is 1.03 bits per heavy atom. The largest absolute Gasteiger partial charge is 0.486 e. The van der Waals surface area contributed by atoms with Crippen LogP contribution in [0.2, 0.25) is 0 Å². The summed E-state index contributed by atoms with van der Waals surface area (Å²) >= 11 is 1.52. The van der Waals surface area contributed by atoms with E-state index >= 15 is 0 Å². The van der Waals surface area contributed by atoms with Crippen molar-refractivity contribution in [1.29, 1.82) is 0 Å². The Kier molecular flexibility index (Phi) is 6.01.